The van der Waals surface area contributed by atoms with Crippen molar-refractivity contribution in [2.24, 2.45) is 0 Å². The molecule has 206 valence electrons. The van der Waals surface area contributed by atoms with Gasteiger partial charge in [0, 0.05) is 43.1 Å². The molecule has 0 spiro atoms. The van der Waals surface area contributed by atoms with Gasteiger partial charge in [0.15, 0.2) is 10.7 Å². The summed E-state index contributed by atoms with van der Waals surface area (Å²) in [7, 11) is 2.17. The topological polar surface area (TPSA) is 114 Å². The molecule has 2 saturated heterocycles. The van der Waals surface area contributed by atoms with E-state index in [-0.39, 0.29) is 29.1 Å². The number of anilines is 2. The minimum atomic E-state index is -0.130. The third kappa shape index (κ3) is 5.10. The maximum absolute atomic E-state index is 13.5. The molecule has 1 amide bonds. The number of aryl methyl sites for hydroxylation is 1. The first kappa shape index (κ1) is 27.1. The van der Waals surface area contributed by atoms with Crippen LogP contribution in [0.5, 0.6) is 5.88 Å². The number of aromatic nitrogens is 4. The third-order valence-electron chi connectivity index (χ3n) is 8.07. The van der Waals surface area contributed by atoms with Gasteiger partial charge in [-0.15, -0.1) is 11.3 Å². The molecule has 5 heterocycles. The molecule has 3 N–H and O–H groups in total. The van der Waals surface area contributed by atoms with E-state index < -0.39 is 0 Å². The number of nitrogens with zero attached hydrogens (tertiary/aromatic N) is 6. The molecule has 0 aliphatic carbocycles. The average Bonchev–Trinajstić information content (AvgIpc) is 3.37. The van der Waals surface area contributed by atoms with Crippen LogP contribution < -0.4 is 20.7 Å². The number of piperidine rings is 2. The van der Waals surface area contributed by atoms with Crippen molar-refractivity contribution in [3.8, 4) is 5.88 Å². The maximum Gasteiger partial charge on any atom is 0.267 e. The zero-order valence-corrected chi connectivity index (χ0v) is 25.3. The van der Waals surface area contributed by atoms with Gasteiger partial charge >= 0.3 is 0 Å². The Bertz CT molecular complexity index is 1330. The highest BCUT2D eigenvalue weighted by Crippen LogP contribution is 2.39. The van der Waals surface area contributed by atoms with E-state index in [1.54, 1.807) is 4.52 Å². The van der Waals surface area contributed by atoms with Crippen LogP contribution in [0.2, 0.25) is 0 Å². The number of likely N-dealkylation sites (tertiary alicyclic amines) is 1. The molecule has 0 aromatic carbocycles. The second-order valence-corrected chi connectivity index (χ2v) is 13.7. The second-order valence-electron chi connectivity index (χ2n) is 11.7. The lowest BCUT2D eigenvalue weighted by Gasteiger charge is -2.53. The van der Waals surface area contributed by atoms with Gasteiger partial charge in [-0.2, -0.15) is 5.10 Å². The molecule has 0 bridgehead atoms. The zero-order valence-electron chi connectivity index (χ0n) is 22.9. The summed E-state index contributed by atoms with van der Waals surface area (Å²) in [6, 6.07) is 1.99. The molecule has 0 saturated carbocycles. The molecule has 3 aromatic heterocycles. The van der Waals surface area contributed by atoms with Crippen molar-refractivity contribution in [2.75, 3.05) is 30.8 Å². The molecule has 0 unspecified atom stereocenters. The number of hydrogen-bond acceptors (Lipinski definition) is 9. The van der Waals surface area contributed by atoms with Crippen LogP contribution in [0.4, 0.5) is 11.5 Å². The van der Waals surface area contributed by atoms with Gasteiger partial charge in [-0.1, -0.05) is 0 Å². The molecule has 1 atom stereocenters. The fraction of sp³-hybridized carbons (Fsp3) is 0.615. The van der Waals surface area contributed by atoms with Crippen molar-refractivity contribution in [3.63, 3.8) is 0 Å². The van der Waals surface area contributed by atoms with E-state index in [1.165, 1.54) is 17.7 Å². The Morgan fingerprint density at radius 3 is 2.68 bits per heavy atom. The van der Waals surface area contributed by atoms with E-state index in [2.05, 4.69) is 80.9 Å². The number of carbonyl (C=O) groups is 1. The van der Waals surface area contributed by atoms with E-state index >= 15 is 0 Å². The van der Waals surface area contributed by atoms with Gasteiger partial charge in [0.2, 0.25) is 5.88 Å². The molecule has 5 rings (SSSR count). The minimum absolute atomic E-state index is 0.0105. The number of nitrogens with one attached hydrogen (secondary N) is 1. The first-order valence-corrected chi connectivity index (χ1v) is 14.7. The lowest BCUT2D eigenvalue weighted by atomic mass is 9.79. The standard InChI is InChI=1S/C26H37BrN8O2S/c1-15-31-24(37-17-11-25(2,3)33(6)26(4,5)12-17)21(38-15)23(36)32-16-8-7-9-34(13-16)18-10-19(27)35-20(18)22(28)29-14-30-35/h10,14,16-17H,7-9,11-13H2,1-6H3,(H,32,36)(H2,28,29,30)/t16-/m1/s1. The highest BCUT2D eigenvalue weighted by atomic mass is 79.9. The van der Waals surface area contributed by atoms with E-state index in [0.29, 0.717) is 23.1 Å². The highest BCUT2D eigenvalue weighted by Gasteiger charge is 2.44. The number of halogens is 1. The SMILES string of the molecule is Cc1nc(OC2CC(C)(C)N(C)C(C)(C)C2)c(C(=O)N[C@@H]2CCCN(c3cc(Br)n4ncnc(N)c34)C2)s1. The van der Waals surface area contributed by atoms with Crippen LogP contribution in [0.1, 0.15) is 68.1 Å². The molecule has 0 radical (unpaired) electrons. The fourth-order valence-electron chi connectivity index (χ4n) is 5.97. The monoisotopic (exact) mass is 604 g/mol. The normalized spacial score (nSPS) is 22.1. The number of nitrogens with two attached hydrogens (primary N) is 1. The van der Waals surface area contributed by atoms with Crippen molar-refractivity contribution < 1.29 is 9.53 Å². The molecular weight excluding hydrogens is 568 g/mol. The average molecular weight is 606 g/mol. The summed E-state index contributed by atoms with van der Waals surface area (Å²) in [5.41, 5.74) is 7.89. The van der Waals surface area contributed by atoms with Crippen LogP contribution in [0.15, 0.2) is 17.0 Å². The smallest absolute Gasteiger partial charge is 0.267 e. The van der Waals surface area contributed by atoms with Crippen LogP contribution >= 0.6 is 27.3 Å². The van der Waals surface area contributed by atoms with Gasteiger partial charge < -0.3 is 20.7 Å². The van der Waals surface area contributed by atoms with Crippen molar-refractivity contribution in [2.45, 2.75) is 83.5 Å². The minimum Gasteiger partial charge on any atom is -0.473 e. The van der Waals surface area contributed by atoms with Crippen LogP contribution in [0, 0.1) is 6.92 Å². The van der Waals surface area contributed by atoms with Crippen molar-refractivity contribution >= 4 is 50.2 Å². The Labute approximate surface area is 236 Å². The number of hydrogen-bond donors (Lipinski definition) is 2. The lowest BCUT2D eigenvalue weighted by Crippen LogP contribution is -2.60. The van der Waals surface area contributed by atoms with Crippen LogP contribution in [-0.4, -0.2) is 73.7 Å². The summed E-state index contributed by atoms with van der Waals surface area (Å²) >= 11 is 4.96. The van der Waals surface area contributed by atoms with Gasteiger partial charge in [-0.3, -0.25) is 9.69 Å². The number of carbonyl (C=O) groups excluding carboxylic acids is 1. The third-order valence-corrected chi connectivity index (χ3v) is 9.59. The Kier molecular flexibility index (Phi) is 7.10. The second kappa shape index (κ2) is 9.95. The van der Waals surface area contributed by atoms with Gasteiger partial charge in [-0.05, 0) is 76.5 Å². The summed E-state index contributed by atoms with van der Waals surface area (Å²) in [4.78, 5) is 27.5. The molecular formula is C26H37BrN8O2S. The number of fused-ring (bicyclic) bond motifs is 1. The summed E-state index contributed by atoms with van der Waals surface area (Å²) in [6.07, 6.45) is 5.01. The number of rotatable bonds is 5. The Morgan fingerprint density at radius 2 is 1.97 bits per heavy atom. The van der Waals surface area contributed by atoms with E-state index in [0.717, 1.165) is 53.0 Å². The highest BCUT2D eigenvalue weighted by molar-refractivity contribution is 9.10. The molecule has 12 heteroatoms. The van der Waals surface area contributed by atoms with Gasteiger partial charge in [0.25, 0.3) is 5.91 Å². The van der Waals surface area contributed by atoms with Crippen LogP contribution in [0.3, 0.4) is 0 Å². The van der Waals surface area contributed by atoms with Gasteiger partial charge in [0.1, 0.15) is 22.6 Å². The molecule has 10 nitrogen and oxygen atoms in total. The van der Waals surface area contributed by atoms with E-state index in [4.69, 9.17) is 10.5 Å². The molecule has 3 aromatic rings. The fourth-order valence-corrected chi connectivity index (χ4v) is 7.21. The van der Waals surface area contributed by atoms with Crippen molar-refractivity contribution in [1.82, 2.24) is 29.8 Å². The van der Waals surface area contributed by atoms with Gasteiger partial charge in [0.05, 0.1) is 10.7 Å². The van der Waals surface area contributed by atoms with E-state index in [1.807, 2.05) is 13.0 Å². The zero-order chi connectivity index (χ0) is 27.4. The predicted octanol–water partition coefficient (Wildman–Crippen LogP) is 4.27. The first-order valence-electron chi connectivity index (χ1n) is 13.1. The van der Waals surface area contributed by atoms with Crippen molar-refractivity contribution in [3.05, 3.63) is 26.9 Å². The van der Waals surface area contributed by atoms with E-state index in [9.17, 15) is 4.79 Å². The van der Waals surface area contributed by atoms with Crippen molar-refractivity contribution in [1.29, 1.82) is 0 Å². The predicted molar refractivity (Wildman–Crippen MR) is 154 cm³/mol. The quantitative estimate of drug-likeness (QED) is 0.444. The Morgan fingerprint density at radius 1 is 1.26 bits per heavy atom. The first-order chi connectivity index (χ1) is 17.9. The summed E-state index contributed by atoms with van der Waals surface area (Å²) < 4.78 is 9.01. The number of ether oxygens (including phenoxy) is 1. The summed E-state index contributed by atoms with van der Waals surface area (Å²) in [5, 5.41) is 8.38. The molecule has 38 heavy (non-hydrogen) atoms. The Balaban J connectivity index is 1.31. The van der Waals surface area contributed by atoms with Crippen LogP contribution in [0.25, 0.3) is 5.52 Å². The number of amides is 1. The lowest BCUT2D eigenvalue weighted by molar-refractivity contribution is -0.0566. The summed E-state index contributed by atoms with van der Waals surface area (Å²) in [6.45, 7) is 12.4. The number of nitrogen functional groups attached to an aromatic ring is 1. The van der Waals surface area contributed by atoms with Gasteiger partial charge in [-0.25, -0.2) is 14.5 Å². The largest absolute Gasteiger partial charge is 0.473 e. The molecule has 2 aliphatic rings. The maximum atomic E-state index is 13.5. The molecule has 2 fully saturated rings. The number of thiazole rings is 1. The molecule has 2 aliphatic heterocycles. The summed E-state index contributed by atoms with van der Waals surface area (Å²) in [5.74, 6) is 0.745. The van der Waals surface area contributed by atoms with Crippen LogP contribution in [-0.2, 0) is 0 Å². The Hall–Kier alpha value is -2.44.